The Morgan fingerprint density at radius 2 is 1.71 bits per heavy atom. The zero-order valence-electron chi connectivity index (χ0n) is 18.3. The molecule has 8 heteroatoms. The van der Waals surface area contributed by atoms with Gasteiger partial charge in [-0.05, 0) is 36.8 Å². The van der Waals surface area contributed by atoms with Crippen LogP contribution < -0.4 is 5.32 Å². The van der Waals surface area contributed by atoms with Crippen LogP contribution in [0.5, 0.6) is 0 Å². The molecule has 0 saturated carbocycles. The van der Waals surface area contributed by atoms with E-state index in [2.05, 4.69) is 10.2 Å². The summed E-state index contributed by atoms with van der Waals surface area (Å²) in [7, 11) is -3.51. The highest BCUT2D eigenvalue weighted by Crippen LogP contribution is 2.25. The molecule has 1 fully saturated rings. The number of carbonyl (C=O) groups is 1. The van der Waals surface area contributed by atoms with Crippen molar-refractivity contribution in [1.82, 2.24) is 9.21 Å². The van der Waals surface area contributed by atoms with Crippen LogP contribution in [0.2, 0.25) is 0 Å². The van der Waals surface area contributed by atoms with Crippen LogP contribution in [-0.4, -0.2) is 62.4 Å². The molecule has 3 rings (SSSR count). The lowest BCUT2D eigenvalue weighted by molar-refractivity contribution is -0.122. The number of amides is 1. The maximum atomic E-state index is 12.6. The molecule has 0 bridgehead atoms. The predicted molar refractivity (Wildman–Crippen MR) is 121 cm³/mol. The van der Waals surface area contributed by atoms with Gasteiger partial charge in [-0.1, -0.05) is 44.2 Å². The molecule has 1 N–H and O–H groups in total. The third-order valence-corrected chi connectivity index (χ3v) is 7.42. The zero-order chi connectivity index (χ0) is 22.4. The molecule has 1 aliphatic heterocycles. The van der Waals surface area contributed by atoms with Crippen LogP contribution in [0.1, 0.15) is 32.4 Å². The van der Waals surface area contributed by atoms with E-state index in [0.717, 1.165) is 5.56 Å². The fourth-order valence-electron chi connectivity index (χ4n) is 3.85. The van der Waals surface area contributed by atoms with E-state index in [0.29, 0.717) is 31.9 Å². The quantitative estimate of drug-likeness (QED) is 0.675. The molecule has 0 aliphatic carbocycles. The molecule has 2 aromatic carbocycles. The smallest absolute Gasteiger partial charge is 0.243 e. The number of nitrogens with zero attached hydrogens (tertiary/aromatic N) is 2. The summed E-state index contributed by atoms with van der Waals surface area (Å²) in [4.78, 5) is 14.9. The lowest BCUT2D eigenvalue weighted by Gasteiger charge is -2.36. The number of hydrogen-bond acceptors (Lipinski definition) is 5. The Bertz CT molecular complexity index is 960. The van der Waals surface area contributed by atoms with Crippen LogP contribution in [0.25, 0.3) is 0 Å². The highest BCUT2D eigenvalue weighted by Gasteiger charge is 2.27. The molecule has 0 aromatic heterocycles. The molecular weight excluding hydrogens is 414 g/mol. The van der Waals surface area contributed by atoms with Gasteiger partial charge in [0.15, 0.2) is 0 Å². The normalized spacial score (nSPS) is 20.0. The van der Waals surface area contributed by atoms with Crippen molar-refractivity contribution in [3.05, 3.63) is 60.2 Å². The van der Waals surface area contributed by atoms with Gasteiger partial charge >= 0.3 is 0 Å². The third kappa shape index (κ3) is 5.92. The van der Waals surface area contributed by atoms with Gasteiger partial charge in [0.05, 0.1) is 23.6 Å². The van der Waals surface area contributed by atoms with Gasteiger partial charge in [0.2, 0.25) is 15.9 Å². The molecule has 2 aromatic rings. The van der Waals surface area contributed by atoms with Gasteiger partial charge in [-0.15, -0.1) is 0 Å². The van der Waals surface area contributed by atoms with Gasteiger partial charge in [0, 0.05) is 31.9 Å². The average molecular weight is 446 g/mol. The minimum atomic E-state index is -3.51. The molecule has 1 heterocycles. The lowest BCUT2D eigenvalue weighted by Crippen LogP contribution is -2.46. The summed E-state index contributed by atoms with van der Waals surface area (Å²) in [6.07, 6.45) is -0.0429. The van der Waals surface area contributed by atoms with Gasteiger partial charge < -0.3 is 10.1 Å². The maximum absolute atomic E-state index is 12.6. The summed E-state index contributed by atoms with van der Waals surface area (Å²) in [5.41, 5.74) is 1.67. The Kier molecular flexibility index (Phi) is 7.83. The Hall–Kier alpha value is -2.26. The largest absolute Gasteiger partial charge is 0.368 e. The first-order valence-electron chi connectivity index (χ1n) is 10.7. The van der Waals surface area contributed by atoms with Crippen molar-refractivity contribution in [3.63, 3.8) is 0 Å². The van der Waals surface area contributed by atoms with Crippen molar-refractivity contribution < 1.29 is 17.9 Å². The summed E-state index contributed by atoms with van der Waals surface area (Å²) >= 11 is 0. The molecule has 2 unspecified atom stereocenters. The van der Waals surface area contributed by atoms with Crippen LogP contribution >= 0.6 is 0 Å². The summed E-state index contributed by atoms with van der Waals surface area (Å²) in [5, 5.41) is 2.86. The van der Waals surface area contributed by atoms with Gasteiger partial charge in [-0.2, -0.15) is 4.31 Å². The summed E-state index contributed by atoms with van der Waals surface area (Å²) in [5.74, 6) is -0.139. The Balaban J connectivity index is 1.60. The fourth-order valence-corrected chi connectivity index (χ4v) is 5.30. The molecule has 1 amide bonds. The predicted octanol–water partition coefficient (Wildman–Crippen LogP) is 3.12. The maximum Gasteiger partial charge on any atom is 0.243 e. The van der Waals surface area contributed by atoms with E-state index in [1.54, 1.807) is 12.1 Å². The summed E-state index contributed by atoms with van der Waals surface area (Å²) in [6.45, 7) is 8.03. The molecule has 168 valence electrons. The Morgan fingerprint density at radius 1 is 1.06 bits per heavy atom. The third-order valence-electron chi connectivity index (χ3n) is 5.36. The number of morpholine rings is 1. The lowest BCUT2D eigenvalue weighted by atomic mass is 10.1. The van der Waals surface area contributed by atoms with Crippen LogP contribution in [0.15, 0.2) is 59.5 Å². The number of ether oxygens (including phenoxy) is 1. The number of carbonyl (C=O) groups excluding carboxylic acids is 1. The first-order chi connectivity index (χ1) is 14.8. The minimum Gasteiger partial charge on any atom is -0.368 e. The van der Waals surface area contributed by atoms with E-state index in [4.69, 9.17) is 4.74 Å². The van der Waals surface area contributed by atoms with E-state index in [9.17, 15) is 13.2 Å². The minimum absolute atomic E-state index is 0.0244. The van der Waals surface area contributed by atoms with Crippen molar-refractivity contribution in [3.8, 4) is 0 Å². The number of nitrogens with one attached hydrogen (secondary N) is 1. The highest BCUT2D eigenvalue weighted by molar-refractivity contribution is 7.89. The molecule has 0 spiro atoms. The van der Waals surface area contributed by atoms with Crippen molar-refractivity contribution in [1.29, 1.82) is 0 Å². The molecule has 0 radical (unpaired) electrons. The topological polar surface area (TPSA) is 79.0 Å². The van der Waals surface area contributed by atoms with Crippen LogP contribution in [-0.2, 0) is 19.6 Å². The molecule has 7 nitrogen and oxygen atoms in total. The molecule has 2 atom stereocenters. The zero-order valence-corrected chi connectivity index (χ0v) is 19.1. The van der Waals surface area contributed by atoms with Gasteiger partial charge in [-0.25, -0.2) is 8.42 Å². The van der Waals surface area contributed by atoms with Crippen LogP contribution in [0.3, 0.4) is 0 Å². The van der Waals surface area contributed by atoms with E-state index < -0.39 is 10.0 Å². The van der Waals surface area contributed by atoms with E-state index >= 15 is 0 Å². The van der Waals surface area contributed by atoms with Crippen molar-refractivity contribution in [2.45, 2.75) is 37.9 Å². The Morgan fingerprint density at radius 3 is 2.32 bits per heavy atom. The number of anilines is 1. The van der Waals surface area contributed by atoms with Gasteiger partial charge in [-0.3, -0.25) is 9.69 Å². The van der Waals surface area contributed by atoms with Gasteiger partial charge in [0.1, 0.15) is 0 Å². The molecule has 1 aliphatic rings. The highest BCUT2D eigenvalue weighted by atomic mass is 32.2. The number of rotatable bonds is 8. The van der Waals surface area contributed by atoms with E-state index in [1.807, 2.05) is 51.1 Å². The first-order valence-corrected chi connectivity index (χ1v) is 12.1. The van der Waals surface area contributed by atoms with Gasteiger partial charge in [0.25, 0.3) is 0 Å². The second kappa shape index (κ2) is 10.4. The van der Waals surface area contributed by atoms with Crippen LogP contribution in [0.4, 0.5) is 5.69 Å². The van der Waals surface area contributed by atoms with Crippen molar-refractivity contribution >= 4 is 21.6 Å². The summed E-state index contributed by atoms with van der Waals surface area (Å²) < 4.78 is 32.6. The van der Waals surface area contributed by atoms with E-state index in [1.165, 1.54) is 16.4 Å². The Labute approximate surface area is 185 Å². The number of sulfonamides is 1. The van der Waals surface area contributed by atoms with E-state index in [-0.39, 0.29) is 29.6 Å². The fraction of sp³-hybridized carbons (Fsp3) is 0.435. The van der Waals surface area contributed by atoms with Crippen molar-refractivity contribution in [2.75, 3.05) is 38.0 Å². The SMILES string of the molecule is CCN(CC)S(=O)(=O)c1ccc(NC(=O)CN2CC(C)OC(c3ccccc3)C2)cc1. The van der Waals surface area contributed by atoms with Crippen molar-refractivity contribution in [2.24, 2.45) is 0 Å². The van der Waals surface area contributed by atoms with Crippen LogP contribution in [0, 0.1) is 0 Å². The molecular formula is C23H31N3O4S. The second-order valence-electron chi connectivity index (χ2n) is 7.70. The second-order valence-corrected chi connectivity index (χ2v) is 9.64. The average Bonchev–Trinajstić information content (AvgIpc) is 2.75. The first kappa shape index (κ1) is 23.4. The number of hydrogen-bond donors (Lipinski definition) is 1. The monoisotopic (exact) mass is 445 g/mol. The number of benzene rings is 2. The standard InChI is InChI=1S/C23H31N3O4S/c1-4-26(5-2)31(28,29)21-13-11-20(12-14-21)24-23(27)17-25-15-18(3)30-22(16-25)19-9-7-6-8-10-19/h6-14,18,22H,4-5,15-17H2,1-3H3,(H,24,27). The molecule has 1 saturated heterocycles. The summed E-state index contributed by atoms with van der Waals surface area (Å²) in [6, 6.07) is 16.3. The molecule has 31 heavy (non-hydrogen) atoms.